The molecule has 1 heterocycles. The Bertz CT molecular complexity index is 147. The predicted octanol–water partition coefficient (Wildman–Crippen LogP) is 0.591. The molecule has 1 fully saturated rings. The molecule has 0 aromatic carbocycles. The fourth-order valence-corrected chi connectivity index (χ4v) is 1.36. The van der Waals surface area contributed by atoms with Gasteiger partial charge in [0.05, 0.1) is 0 Å². The minimum atomic E-state index is -0.700. The topological polar surface area (TPSA) is 38.0 Å². The molecule has 3 N–H and O–H groups in total. The Kier molecular flexibility index (Phi) is 3.02. The van der Waals surface area contributed by atoms with Gasteiger partial charge in [-0.1, -0.05) is 12.2 Å². The summed E-state index contributed by atoms with van der Waals surface area (Å²) in [6, 6.07) is 0.161. The van der Waals surface area contributed by atoms with Gasteiger partial charge in [0.15, 0.2) is 0 Å². The third-order valence-electron chi connectivity index (χ3n) is 2.04. The van der Waals surface area contributed by atoms with E-state index in [1.807, 2.05) is 0 Å². The molecule has 0 radical (unpaired) electrons. The Morgan fingerprint density at radius 2 is 2.45 bits per heavy atom. The van der Waals surface area contributed by atoms with Crippen LogP contribution in [0, 0.1) is 0 Å². The van der Waals surface area contributed by atoms with E-state index < -0.39 is 6.17 Å². The van der Waals surface area contributed by atoms with Crippen LogP contribution in [0.25, 0.3) is 0 Å². The average Bonchev–Trinajstić information content (AvgIpc) is 2.36. The molecule has 3 heteroatoms. The second kappa shape index (κ2) is 3.83. The van der Waals surface area contributed by atoms with Crippen molar-refractivity contribution in [3.05, 3.63) is 12.2 Å². The number of nitrogens with one attached hydrogen (secondary N) is 1. The zero-order valence-electron chi connectivity index (χ0n) is 6.65. The number of hydrogen-bond donors (Lipinski definition) is 2. The van der Waals surface area contributed by atoms with Crippen molar-refractivity contribution in [2.75, 3.05) is 13.1 Å². The van der Waals surface area contributed by atoms with Crippen molar-refractivity contribution in [3.63, 3.8) is 0 Å². The average molecular weight is 158 g/mol. The second-order valence-corrected chi connectivity index (χ2v) is 2.99. The van der Waals surface area contributed by atoms with Crippen LogP contribution in [0.1, 0.15) is 12.8 Å². The van der Waals surface area contributed by atoms with E-state index >= 15 is 0 Å². The SMILES string of the molecule is C=C(CCN)C1CC(F)CN1. The fraction of sp³-hybridized carbons (Fsp3) is 0.750. The predicted molar refractivity (Wildman–Crippen MR) is 44.1 cm³/mol. The lowest BCUT2D eigenvalue weighted by atomic mass is 10.0. The van der Waals surface area contributed by atoms with Gasteiger partial charge in [-0.15, -0.1) is 0 Å². The fourth-order valence-electron chi connectivity index (χ4n) is 1.36. The molecule has 0 spiro atoms. The van der Waals surface area contributed by atoms with Gasteiger partial charge in [0, 0.05) is 12.6 Å². The lowest BCUT2D eigenvalue weighted by Crippen LogP contribution is -2.24. The van der Waals surface area contributed by atoms with Crippen LogP contribution in [-0.2, 0) is 0 Å². The molecule has 0 saturated carbocycles. The first-order valence-corrected chi connectivity index (χ1v) is 3.99. The van der Waals surface area contributed by atoms with Gasteiger partial charge in [0.25, 0.3) is 0 Å². The van der Waals surface area contributed by atoms with E-state index in [9.17, 15) is 4.39 Å². The summed E-state index contributed by atoms with van der Waals surface area (Å²) in [5.74, 6) is 0. The van der Waals surface area contributed by atoms with Crippen LogP contribution in [0.4, 0.5) is 4.39 Å². The lowest BCUT2D eigenvalue weighted by molar-refractivity contribution is 0.357. The molecular formula is C8H15FN2. The third-order valence-corrected chi connectivity index (χ3v) is 2.04. The largest absolute Gasteiger partial charge is 0.330 e. The van der Waals surface area contributed by atoms with Gasteiger partial charge in [0.2, 0.25) is 0 Å². The molecule has 1 saturated heterocycles. The number of nitrogens with two attached hydrogens (primary N) is 1. The highest BCUT2D eigenvalue weighted by atomic mass is 19.1. The first kappa shape index (κ1) is 8.68. The summed E-state index contributed by atoms with van der Waals surface area (Å²) in [5, 5.41) is 3.06. The molecule has 1 aliphatic heterocycles. The van der Waals surface area contributed by atoms with Crippen molar-refractivity contribution in [1.29, 1.82) is 0 Å². The molecule has 0 aromatic rings. The van der Waals surface area contributed by atoms with Crippen LogP contribution >= 0.6 is 0 Å². The van der Waals surface area contributed by atoms with E-state index in [2.05, 4.69) is 11.9 Å². The maximum absolute atomic E-state index is 12.6. The maximum Gasteiger partial charge on any atom is 0.114 e. The molecule has 0 amide bonds. The van der Waals surface area contributed by atoms with Crippen molar-refractivity contribution in [1.82, 2.24) is 5.32 Å². The van der Waals surface area contributed by atoms with Gasteiger partial charge in [-0.2, -0.15) is 0 Å². The summed E-state index contributed by atoms with van der Waals surface area (Å²) < 4.78 is 12.6. The Labute approximate surface area is 66.7 Å². The van der Waals surface area contributed by atoms with Crippen LogP contribution in [-0.4, -0.2) is 25.3 Å². The number of hydrogen-bond acceptors (Lipinski definition) is 2. The Morgan fingerprint density at radius 1 is 1.73 bits per heavy atom. The molecule has 2 nitrogen and oxygen atoms in total. The summed E-state index contributed by atoms with van der Waals surface area (Å²) in [6.07, 6.45) is 0.665. The van der Waals surface area contributed by atoms with Gasteiger partial charge >= 0.3 is 0 Å². The minimum Gasteiger partial charge on any atom is -0.330 e. The first-order valence-electron chi connectivity index (χ1n) is 3.99. The van der Waals surface area contributed by atoms with Crippen molar-refractivity contribution < 1.29 is 4.39 Å². The Hall–Kier alpha value is -0.410. The molecule has 1 rings (SSSR count). The molecule has 11 heavy (non-hydrogen) atoms. The lowest BCUT2D eigenvalue weighted by Gasteiger charge is -2.11. The molecule has 64 valence electrons. The molecule has 0 aliphatic carbocycles. The van der Waals surface area contributed by atoms with Crippen LogP contribution in [0.15, 0.2) is 12.2 Å². The highest BCUT2D eigenvalue weighted by Crippen LogP contribution is 2.17. The molecule has 0 aromatic heterocycles. The van der Waals surface area contributed by atoms with Crippen molar-refractivity contribution in [2.45, 2.75) is 25.1 Å². The van der Waals surface area contributed by atoms with Gasteiger partial charge in [0.1, 0.15) is 6.17 Å². The molecular weight excluding hydrogens is 143 g/mol. The van der Waals surface area contributed by atoms with Crippen LogP contribution in [0.5, 0.6) is 0 Å². The molecule has 2 atom stereocenters. The van der Waals surface area contributed by atoms with Gasteiger partial charge in [-0.3, -0.25) is 0 Å². The van der Waals surface area contributed by atoms with Gasteiger partial charge < -0.3 is 11.1 Å². The highest BCUT2D eigenvalue weighted by molar-refractivity contribution is 5.09. The van der Waals surface area contributed by atoms with Crippen LogP contribution in [0.2, 0.25) is 0 Å². The normalized spacial score (nSPS) is 30.7. The monoisotopic (exact) mass is 158 g/mol. The third kappa shape index (κ3) is 2.27. The van der Waals surface area contributed by atoms with E-state index in [1.54, 1.807) is 0 Å². The van der Waals surface area contributed by atoms with Crippen molar-refractivity contribution in [2.24, 2.45) is 5.73 Å². The smallest absolute Gasteiger partial charge is 0.114 e. The van der Waals surface area contributed by atoms with Crippen LogP contribution < -0.4 is 11.1 Å². The summed E-state index contributed by atoms with van der Waals surface area (Å²) in [6.45, 7) is 4.92. The van der Waals surface area contributed by atoms with E-state index in [0.29, 0.717) is 19.5 Å². The number of rotatable bonds is 3. The number of halogens is 1. The molecule has 0 bridgehead atoms. The van der Waals surface area contributed by atoms with E-state index in [1.165, 1.54) is 0 Å². The summed E-state index contributed by atoms with van der Waals surface area (Å²) in [5.41, 5.74) is 6.38. The summed E-state index contributed by atoms with van der Waals surface area (Å²) >= 11 is 0. The Morgan fingerprint density at radius 3 is 2.91 bits per heavy atom. The minimum absolute atomic E-state index is 0.161. The second-order valence-electron chi connectivity index (χ2n) is 2.99. The molecule has 1 aliphatic rings. The standard InChI is InChI=1S/C8H15FN2/c1-6(2-3-10)8-4-7(9)5-11-8/h7-8,11H,1-5,10H2. The van der Waals surface area contributed by atoms with Crippen molar-refractivity contribution >= 4 is 0 Å². The molecule has 2 unspecified atom stereocenters. The zero-order valence-corrected chi connectivity index (χ0v) is 6.65. The van der Waals surface area contributed by atoms with Gasteiger partial charge in [-0.25, -0.2) is 4.39 Å². The van der Waals surface area contributed by atoms with E-state index in [-0.39, 0.29) is 6.04 Å². The van der Waals surface area contributed by atoms with E-state index in [4.69, 9.17) is 5.73 Å². The Balaban J connectivity index is 2.31. The maximum atomic E-state index is 12.6. The summed E-state index contributed by atoms with van der Waals surface area (Å²) in [7, 11) is 0. The van der Waals surface area contributed by atoms with Crippen molar-refractivity contribution in [3.8, 4) is 0 Å². The quantitative estimate of drug-likeness (QED) is 0.590. The first-order chi connectivity index (χ1) is 5.24. The highest BCUT2D eigenvalue weighted by Gasteiger charge is 2.24. The zero-order chi connectivity index (χ0) is 8.27. The summed E-state index contributed by atoms with van der Waals surface area (Å²) in [4.78, 5) is 0. The van der Waals surface area contributed by atoms with E-state index in [0.717, 1.165) is 12.0 Å². The number of alkyl halides is 1. The van der Waals surface area contributed by atoms with Crippen LogP contribution in [0.3, 0.4) is 0 Å². The van der Waals surface area contributed by atoms with Gasteiger partial charge in [-0.05, 0) is 19.4 Å².